The number of hydrogen-bond acceptors (Lipinski definition) is 3. The lowest BCUT2D eigenvalue weighted by Crippen LogP contribution is -2.28. The minimum Gasteiger partial charge on any atom is -0.505 e. The molecular formula is C15H16N2O2. The quantitative estimate of drug-likeness (QED) is 0.884. The molecule has 0 aliphatic carbocycles. The number of pyridine rings is 1. The van der Waals surface area contributed by atoms with Gasteiger partial charge in [0.15, 0.2) is 0 Å². The lowest BCUT2D eigenvalue weighted by atomic mass is 10.0. The maximum atomic E-state index is 12.1. The summed E-state index contributed by atoms with van der Waals surface area (Å²) in [4.78, 5) is 15.9. The van der Waals surface area contributed by atoms with Gasteiger partial charge in [-0.25, -0.2) is 0 Å². The van der Waals surface area contributed by atoms with Crippen molar-refractivity contribution in [1.29, 1.82) is 0 Å². The van der Waals surface area contributed by atoms with Crippen molar-refractivity contribution < 1.29 is 9.90 Å². The van der Waals surface area contributed by atoms with Crippen LogP contribution >= 0.6 is 0 Å². The minimum absolute atomic E-state index is 0.0683. The Morgan fingerprint density at radius 3 is 2.68 bits per heavy atom. The second kappa shape index (κ2) is 6.00. The first-order valence-electron chi connectivity index (χ1n) is 6.21. The van der Waals surface area contributed by atoms with E-state index in [1.54, 1.807) is 0 Å². The molecule has 0 aliphatic rings. The molecule has 1 unspecified atom stereocenters. The van der Waals surface area contributed by atoms with Crippen molar-refractivity contribution >= 4 is 5.91 Å². The van der Waals surface area contributed by atoms with Crippen LogP contribution in [-0.4, -0.2) is 16.0 Å². The normalized spacial score (nSPS) is 11.8. The molecule has 1 atom stereocenters. The predicted octanol–water partition coefficient (Wildman–Crippen LogP) is 2.67. The molecule has 0 saturated heterocycles. The summed E-state index contributed by atoms with van der Waals surface area (Å²) in [6.45, 7) is 2.00. The van der Waals surface area contributed by atoms with Crippen molar-refractivity contribution in [3.63, 3.8) is 0 Å². The number of aromatic hydroxyl groups is 1. The van der Waals surface area contributed by atoms with Crippen LogP contribution in [0.15, 0.2) is 48.8 Å². The van der Waals surface area contributed by atoms with Gasteiger partial charge in [0.1, 0.15) is 5.75 Å². The Bertz CT molecular complexity index is 555. The average Bonchev–Trinajstić information content (AvgIpc) is 2.46. The number of rotatable bonds is 4. The number of amides is 1. The molecule has 0 bridgehead atoms. The molecule has 1 aromatic carbocycles. The summed E-state index contributed by atoms with van der Waals surface area (Å²) in [5.41, 5.74) is 1.29. The van der Waals surface area contributed by atoms with Gasteiger partial charge in [0, 0.05) is 6.20 Å². The highest BCUT2D eigenvalue weighted by Crippen LogP contribution is 2.19. The van der Waals surface area contributed by atoms with Crippen LogP contribution < -0.4 is 5.32 Å². The van der Waals surface area contributed by atoms with Gasteiger partial charge in [-0.15, -0.1) is 0 Å². The van der Waals surface area contributed by atoms with E-state index in [4.69, 9.17) is 0 Å². The van der Waals surface area contributed by atoms with E-state index in [1.165, 1.54) is 18.5 Å². The molecule has 2 N–H and O–H groups in total. The van der Waals surface area contributed by atoms with Crippen molar-refractivity contribution in [3.05, 3.63) is 59.9 Å². The Labute approximate surface area is 112 Å². The second-order valence-corrected chi connectivity index (χ2v) is 4.24. The summed E-state index contributed by atoms with van der Waals surface area (Å²) >= 11 is 0. The Kier molecular flexibility index (Phi) is 4.13. The fraction of sp³-hybridized carbons (Fsp3) is 0.200. The van der Waals surface area contributed by atoms with Crippen LogP contribution in [0, 0.1) is 0 Å². The van der Waals surface area contributed by atoms with E-state index < -0.39 is 0 Å². The largest absolute Gasteiger partial charge is 0.505 e. The first kappa shape index (κ1) is 13.1. The zero-order chi connectivity index (χ0) is 13.7. The first-order valence-corrected chi connectivity index (χ1v) is 6.21. The molecule has 2 aromatic rings. The fourth-order valence-corrected chi connectivity index (χ4v) is 1.92. The number of hydrogen-bond donors (Lipinski definition) is 2. The van der Waals surface area contributed by atoms with Gasteiger partial charge in [0.25, 0.3) is 5.91 Å². The number of nitrogens with one attached hydrogen (secondary N) is 1. The first-order chi connectivity index (χ1) is 9.22. The molecule has 0 fully saturated rings. The Morgan fingerprint density at radius 2 is 2.05 bits per heavy atom. The van der Waals surface area contributed by atoms with Gasteiger partial charge in [-0.05, 0) is 18.1 Å². The average molecular weight is 256 g/mol. The van der Waals surface area contributed by atoms with E-state index in [0.717, 1.165) is 12.0 Å². The molecule has 4 heteroatoms. The molecule has 98 valence electrons. The van der Waals surface area contributed by atoms with Crippen LogP contribution in [0.3, 0.4) is 0 Å². The molecule has 1 heterocycles. The molecule has 0 spiro atoms. The smallest absolute Gasteiger partial charge is 0.255 e. The lowest BCUT2D eigenvalue weighted by molar-refractivity contribution is 0.0932. The monoisotopic (exact) mass is 256 g/mol. The van der Waals surface area contributed by atoms with Crippen LogP contribution in [0.4, 0.5) is 0 Å². The zero-order valence-electron chi connectivity index (χ0n) is 10.7. The Hall–Kier alpha value is -2.36. The summed E-state index contributed by atoms with van der Waals surface area (Å²) in [6.07, 6.45) is 3.53. The highest BCUT2D eigenvalue weighted by atomic mass is 16.3. The molecule has 1 aromatic heterocycles. The Morgan fingerprint density at radius 1 is 1.32 bits per heavy atom. The summed E-state index contributed by atoms with van der Waals surface area (Å²) in [6, 6.07) is 11.2. The molecular weight excluding hydrogens is 240 g/mol. The molecule has 2 rings (SSSR count). The standard InChI is InChI=1S/C15H16N2O2/c1-2-13(11-6-4-3-5-7-11)17-15(19)12-8-9-16-10-14(12)18/h3-10,13,18H,2H2,1H3,(H,17,19). The van der Waals surface area contributed by atoms with Gasteiger partial charge in [-0.3, -0.25) is 9.78 Å². The third-order valence-corrected chi connectivity index (χ3v) is 2.96. The van der Waals surface area contributed by atoms with Crippen molar-refractivity contribution in [3.8, 4) is 5.75 Å². The SMILES string of the molecule is CCC(NC(=O)c1ccncc1O)c1ccccc1. The maximum Gasteiger partial charge on any atom is 0.255 e. The van der Waals surface area contributed by atoms with Gasteiger partial charge in [-0.2, -0.15) is 0 Å². The zero-order valence-corrected chi connectivity index (χ0v) is 10.7. The van der Waals surface area contributed by atoms with Crippen molar-refractivity contribution in [2.75, 3.05) is 0 Å². The highest BCUT2D eigenvalue weighted by molar-refractivity contribution is 5.96. The number of benzene rings is 1. The third kappa shape index (κ3) is 3.10. The van der Waals surface area contributed by atoms with E-state index in [-0.39, 0.29) is 23.3 Å². The highest BCUT2D eigenvalue weighted by Gasteiger charge is 2.16. The van der Waals surface area contributed by atoms with Crippen molar-refractivity contribution in [2.45, 2.75) is 19.4 Å². The van der Waals surface area contributed by atoms with Crippen LogP contribution in [-0.2, 0) is 0 Å². The van der Waals surface area contributed by atoms with Crippen LogP contribution in [0.25, 0.3) is 0 Å². The van der Waals surface area contributed by atoms with E-state index >= 15 is 0 Å². The number of nitrogens with zero attached hydrogens (tertiary/aromatic N) is 1. The number of carbonyl (C=O) groups is 1. The van der Waals surface area contributed by atoms with Gasteiger partial charge < -0.3 is 10.4 Å². The molecule has 1 amide bonds. The van der Waals surface area contributed by atoms with E-state index in [0.29, 0.717) is 0 Å². The van der Waals surface area contributed by atoms with Gasteiger partial charge >= 0.3 is 0 Å². The Balaban J connectivity index is 2.16. The number of carbonyl (C=O) groups excluding carboxylic acids is 1. The number of aromatic nitrogens is 1. The third-order valence-electron chi connectivity index (χ3n) is 2.96. The summed E-state index contributed by atoms with van der Waals surface area (Å²) in [5.74, 6) is -0.404. The lowest BCUT2D eigenvalue weighted by Gasteiger charge is -2.17. The maximum absolute atomic E-state index is 12.1. The van der Waals surface area contributed by atoms with Crippen molar-refractivity contribution in [1.82, 2.24) is 10.3 Å². The molecule has 19 heavy (non-hydrogen) atoms. The van der Waals surface area contributed by atoms with E-state index in [1.807, 2.05) is 37.3 Å². The summed E-state index contributed by atoms with van der Waals surface area (Å²) in [5, 5.41) is 12.5. The molecule has 0 radical (unpaired) electrons. The van der Waals surface area contributed by atoms with E-state index in [9.17, 15) is 9.90 Å². The molecule has 4 nitrogen and oxygen atoms in total. The minimum atomic E-state index is -0.296. The van der Waals surface area contributed by atoms with Crippen LogP contribution in [0.2, 0.25) is 0 Å². The topological polar surface area (TPSA) is 62.2 Å². The molecule has 0 aliphatic heterocycles. The van der Waals surface area contributed by atoms with Crippen LogP contribution in [0.1, 0.15) is 35.3 Å². The second-order valence-electron chi connectivity index (χ2n) is 4.24. The molecule has 0 saturated carbocycles. The summed E-state index contributed by atoms with van der Waals surface area (Å²) in [7, 11) is 0. The van der Waals surface area contributed by atoms with Gasteiger partial charge in [0.2, 0.25) is 0 Å². The fourth-order valence-electron chi connectivity index (χ4n) is 1.92. The van der Waals surface area contributed by atoms with Crippen molar-refractivity contribution in [2.24, 2.45) is 0 Å². The summed E-state index contributed by atoms with van der Waals surface area (Å²) < 4.78 is 0. The van der Waals surface area contributed by atoms with Crippen LogP contribution in [0.5, 0.6) is 5.75 Å². The van der Waals surface area contributed by atoms with Gasteiger partial charge in [0.05, 0.1) is 17.8 Å². The predicted molar refractivity (Wildman–Crippen MR) is 72.8 cm³/mol. The van der Waals surface area contributed by atoms with E-state index in [2.05, 4.69) is 10.3 Å². The van der Waals surface area contributed by atoms with Gasteiger partial charge in [-0.1, -0.05) is 37.3 Å².